The molecule has 1 unspecified atom stereocenters. The highest BCUT2D eigenvalue weighted by Gasteiger charge is 2.14. The second kappa shape index (κ2) is 7.68. The first kappa shape index (κ1) is 16.4. The second-order valence-electron chi connectivity index (χ2n) is 4.02. The van der Waals surface area contributed by atoms with Gasteiger partial charge in [0.2, 0.25) is 5.96 Å². The van der Waals surface area contributed by atoms with Crippen LogP contribution in [0.1, 0.15) is 12.5 Å². The van der Waals surface area contributed by atoms with E-state index in [0.29, 0.717) is 0 Å². The summed E-state index contributed by atoms with van der Waals surface area (Å²) in [7, 11) is 3.97. The number of halogens is 1. The van der Waals surface area contributed by atoms with Crippen molar-refractivity contribution in [3.63, 3.8) is 0 Å². The molecule has 0 heterocycles. The molecule has 0 bridgehead atoms. The van der Waals surface area contributed by atoms with Crippen LogP contribution >= 0.6 is 12.4 Å². The van der Waals surface area contributed by atoms with Crippen LogP contribution in [0.3, 0.4) is 0 Å². The van der Waals surface area contributed by atoms with Crippen molar-refractivity contribution in [2.24, 2.45) is 21.7 Å². The summed E-state index contributed by atoms with van der Waals surface area (Å²) in [5, 5.41) is 7.87. The largest absolute Gasteiger partial charge is 0.369 e. The Morgan fingerprint density at radius 1 is 1.11 bits per heavy atom. The Morgan fingerprint density at radius 3 is 2.11 bits per heavy atom. The van der Waals surface area contributed by atoms with Crippen molar-refractivity contribution in [2.75, 3.05) is 14.1 Å². The average Bonchev–Trinajstić information content (AvgIpc) is 2.30. The molecule has 0 aliphatic heterocycles. The third-order valence-corrected chi connectivity index (χ3v) is 2.51. The minimum atomic E-state index is -0.0376. The van der Waals surface area contributed by atoms with Gasteiger partial charge >= 0.3 is 0 Å². The summed E-state index contributed by atoms with van der Waals surface area (Å²) in [5.41, 5.74) is 12.5. The predicted octanol–water partition coefficient (Wildman–Crippen LogP) is 1.04. The maximum Gasteiger partial charge on any atom is 0.211 e. The van der Waals surface area contributed by atoms with E-state index < -0.39 is 0 Å². The number of benzene rings is 1. The van der Waals surface area contributed by atoms with Crippen LogP contribution in [-0.4, -0.2) is 36.7 Å². The van der Waals surface area contributed by atoms with Gasteiger partial charge in [-0.1, -0.05) is 30.3 Å². The zero-order valence-electron chi connectivity index (χ0n) is 10.9. The second-order valence-corrected chi connectivity index (χ2v) is 4.02. The maximum atomic E-state index is 5.30. The van der Waals surface area contributed by atoms with E-state index in [1.54, 1.807) is 0 Å². The van der Waals surface area contributed by atoms with E-state index in [2.05, 4.69) is 10.2 Å². The van der Waals surface area contributed by atoms with Crippen LogP contribution in [0.2, 0.25) is 0 Å². The number of nitrogens with two attached hydrogens (primary N) is 2. The number of likely N-dealkylation sites (N-methyl/N-ethyl adjacent to an activating group) is 1. The van der Waals surface area contributed by atoms with Gasteiger partial charge in [-0.15, -0.1) is 22.6 Å². The van der Waals surface area contributed by atoms with Gasteiger partial charge in [-0.2, -0.15) is 0 Å². The fourth-order valence-electron chi connectivity index (χ4n) is 1.35. The van der Waals surface area contributed by atoms with E-state index >= 15 is 0 Å². The maximum absolute atomic E-state index is 5.30. The lowest BCUT2D eigenvalue weighted by atomic mass is 10.0. The first-order valence-electron chi connectivity index (χ1n) is 5.40. The van der Waals surface area contributed by atoms with E-state index in [9.17, 15) is 0 Å². The van der Waals surface area contributed by atoms with E-state index in [-0.39, 0.29) is 24.4 Å². The molecule has 4 N–H and O–H groups in total. The molecule has 18 heavy (non-hydrogen) atoms. The monoisotopic (exact) mass is 269 g/mol. The number of hydrogen-bond acceptors (Lipinski definition) is 3. The summed E-state index contributed by atoms with van der Waals surface area (Å²) in [6.07, 6.45) is 0. The van der Waals surface area contributed by atoms with Crippen molar-refractivity contribution in [1.29, 1.82) is 0 Å². The van der Waals surface area contributed by atoms with E-state index in [1.807, 2.05) is 56.3 Å². The SMILES string of the molecule is CC(/C(=N\N=C(N)N)c1ccccc1)N(C)C.Cl. The Kier molecular flexibility index (Phi) is 7.00. The minimum Gasteiger partial charge on any atom is -0.369 e. The van der Waals surface area contributed by atoms with Crippen molar-refractivity contribution in [1.82, 2.24) is 4.90 Å². The van der Waals surface area contributed by atoms with Crippen molar-refractivity contribution < 1.29 is 0 Å². The zero-order chi connectivity index (χ0) is 12.8. The van der Waals surface area contributed by atoms with Gasteiger partial charge in [0.15, 0.2) is 0 Å². The first-order valence-corrected chi connectivity index (χ1v) is 5.40. The molecule has 1 aromatic rings. The summed E-state index contributed by atoms with van der Waals surface area (Å²) in [4.78, 5) is 2.05. The Labute approximate surface area is 114 Å². The molecule has 100 valence electrons. The normalized spacial score (nSPS) is 12.8. The lowest BCUT2D eigenvalue weighted by Gasteiger charge is -2.21. The molecule has 0 saturated heterocycles. The van der Waals surface area contributed by atoms with Crippen molar-refractivity contribution in [2.45, 2.75) is 13.0 Å². The van der Waals surface area contributed by atoms with Gasteiger partial charge in [0.1, 0.15) is 0 Å². The molecular formula is C12H20ClN5. The molecule has 0 fully saturated rings. The molecule has 1 rings (SSSR count). The van der Waals surface area contributed by atoms with Crippen LogP contribution in [-0.2, 0) is 0 Å². The molecule has 5 nitrogen and oxygen atoms in total. The van der Waals surface area contributed by atoms with E-state index in [0.717, 1.165) is 11.3 Å². The molecule has 0 radical (unpaired) electrons. The third kappa shape index (κ3) is 4.73. The molecule has 0 saturated carbocycles. The minimum absolute atomic E-state index is 0. The van der Waals surface area contributed by atoms with Gasteiger partial charge in [-0.3, -0.25) is 0 Å². The summed E-state index contributed by atoms with van der Waals surface area (Å²) in [5.74, 6) is -0.0376. The molecule has 1 aromatic carbocycles. The first-order chi connectivity index (χ1) is 8.02. The van der Waals surface area contributed by atoms with Crippen molar-refractivity contribution in [3.8, 4) is 0 Å². The Balaban J connectivity index is 0.00000289. The van der Waals surface area contributed by atoms with Crippen LogP contribution in [0.25, 0.3) is 0 Å². The summed E-state index contributed by atoms with van der Waals surface area (Å²) in [6, 6.07) is 9.98. The van der Waals surface area contributed by atoms with Crippen LogP contribution in [0.4, 0.5) is 0 Å². The Bertz CT molecular complexity index is 410. The highest BCUT2D eigenvalue weighted by molar-refractivity contribution is 6.04. The number of guanidine groups is 1. The summed E-state index contributed by atoms with van der Waals surface area (Å²) < 4.78 is 0. The summed E-state index contributed by atoms with van der Waals surface area (Å²) in [6.45, 7) is 2.05. The van der Waals surface area contributed by atoms with Crippen LogP contribution in [0, 0.1) is 0 Å². The van der Waals surface area contributed by atoms with Gasteiger partial charge in [0.25, 0.3) is 0 Å². The van der Waals surface area contributed by atoms with E-state index in [1.165, 1.54) is 0 Å². The fourth-order valence-corrected chi connectivity index (χ4v) is 1.35. The van der Waals surface area contributed by atoms with Gasteiger partial charge in [0, 0.05) is 0 Å². The van der Waals surface area contributed by atoms with Gasteiger partial charge in [-0.25, -0.2) is 0 Å². The van der Waals surface area contributed by atoms with Gasteiger partial charge < -0.3 is 16.4 Å². The quantitative estimate of drug-likeness (QED) is 0.487. The molecule has 0 aliphatic rings. The molecular weight excluding hydrogens is 250 g/mol. The smallest absolute Gasteiger partial charge is 0.211 e. The molecule has 0 spiro atoms. The highest BCUT2D eigenvalue weighted by Crippen LogP contribution is 2.08. The Morgan fingerprint density at radius 2 is 1.67 bits per heavy atom. The lowest BCUT2D eigenvalue weighted by molar-refractivity contribution is 0.381. The average molecular weight is 270 g/mol. The van der Waals surface area contributed by atoms with Gasteiger partial charge in [-0.05, 0) is 26.6 Å². The van der Waals surface area contributed by atoms with Crippen LogP contribution in [0.15, 0.2) is 40.5 Å². The summed E-state index contributed by atoms with van der Waals surface area (Å²) >= 11 is 0. The molecule has 1 atom stereocenters. The third-order valence-electron chi connectivity index (χ3n) is 2.51. The number of nitrogens with zero attached hydrogens (tertiary/aromatic N) is 3. The standard InChI is InChI=1S/C12H19N5.ClH/c1-9(17(2)3)11(15-16-12(13)14)10-7-5-4-6-8-10;/h4-9H,1-3H3,(H4,13,14,16);1H/b15-11+;. The number of rotatable bonds is 4. The number of hydrogen-bond donors (Lipinski definition) is 2. The van der Waals surface area contributed by atoms with Crippen LogP contribution in [0.5, 0.6) is 0 Å². The zero-order valence-corrected chi connectivity index (χ0v) is 11.7. The predicted molar refractivity (Wildman–Crippen MR) is 79.2 cm³/mol. The Hall–Kier alpha value is -1.59. The molecule has 0 aliphatic carbocycles. The van der Waals surface area contributed by atoms with Crippen LogP contribution < -0.4 is 11.5 Å². The van der Waals surface area contributed by atoms with E-state index in [4.69, 9.17) is 11.5 Å². The van der Waals surface area contributed by atoms with Crippen molar-refractivity contribution >= 4 is 24.1 Å². The fraction of sp³-hybridized carbons (Fsp3) is 0.333. The molecule has 0 aromatic heterocycles. The van der Waals surface area contributed by atoms with Crippen molar-refractivity contribution in [3.05, 3.63) is 35.9 Å². The van der Waals surface area contributed by atoms with Gasteiger partial charge in [0.05, 0.1) is 11.8 Å². The topological polar surface area (TPSA) is 80.0 Å². The lowest BCUT2D eigenvalue weighted by Crippen LogP contribution is -2.33. The molecule has 6 heteroatoms. The highest BCUT2D eigenvalue weighted by atomic mass is 35.5. The molecule has 0 amide bonds.